The van der Waals surface area contributed by atoms with E-state index in [0.29, 0.717) is 18.8 Å². The van der Waals surface area contributed by atoms with Crippen molar-refractivity contribution < 1.29 is 14.6 Å². The Kier molecular flexibility index (Phi) is 6.88. The molecule has 0 bridgehead atoms. The highest BCUT2D eigenvalue weighted by atomic mass is 32.2. The van der Waals surface area contributed by atoms with Gasteiger partial charge in [0.15, 0.2) is 0 Å². The molecule has 4 nitrogen and oxygen atoms in total. The van der Waals surface area contributed by atoms with Crippen LogP contribution >= 0.6 is 11.8 Å². The second-order valence-corrected chi connectivity index (χ2v) is 5.83. The molecule has 0 heterocycles. The summed E-state index contributed by atoms with van der Waals surface area (Å²) in [6, 6.07) is 7.47. The van der Waals surface area contributed by atoms with Crippen molar-refractivity contribution >= 4 is 17.7 Å². The molecular formula is C15H23NO3S. The first kappa shape index (κ1) is 16.9. The summed E-state index contributed by atoms with van der Waals surface area (Å²) in [5, 5.41) is 12.7. The average Bonchev–Trinajstić information content (AvgIpc) is 2.39. The molecule has 112 valence electrons. The molecule has 0 aliphatic rings. The molecule has 0 aliphatic carbocycles. The molecule has 1 atom stereocenters. The SMILES string of the molecule is CCOc1ccc(CC(=O)NCC(C)(O)CSC)cc1. The first-order valence-corrected chi connectivity index (χ1v) is 8.06. The van der Waals surface area contributed by atoms with Gasteiger partial charge >= 0.3 is 0 Å². The molecule has 0 spiro atoms. The van der Waals surface area contributed by atoms with E-state index in [1.807, 2.05) is 37.4 Å². The summed E-state index contributed by atoms with van der Waals surface area (Å²) < 4.78 is 5.35. The summed E-state index contributed by atoms with van der Waals surface area (Å²) in [5.41, 5.74) is 0.0592. The Balaban J connectivity index is 2.42. The van der Waals surface area contributed by atoms with Crippen molar-refractivity contribution in [2.45, 2.75) is 25.9 Å². The topological polar surface area (TPSA) is 58.6 Å². The van der Waals surface area contributed by atoms with Gasteiger partial charge in [-0.2, -0.15) is 11.8 Å². The maximum atomic E-state index is 11.8. The normalized spacial score (nSPS) is 13.6. The zero-order valence-electron chi connectivity index (χ0n) is 12.3. The van der Waals surface area contributed by atoms with Crippen molar-refractivity contribution in [3.8, 4) is 5.75 Å². The lowest BCUT2D eigenvalue weighted by molar-refractivity contribution is -0.121. The van der Waals surface area contributed by atoms with E-state index in [2.05, 4.69) is 5.32 Å². The monoisotopic (exact) mass is 297 g/mol. The molecule has 1 amide bonds. The van der Waals surface area contributed by atoms with Crippen LogP contribution in [0, 0.1) is 0 Å². The first-order valence-electron chi connectivity index (χ1n) is 6.66. The van der Waals surface area contributed by atoms with Crippen LogP contribution in [0.1, 0.15) is 19.4 Å². The van der Waals surface area contributed by atoms with Crippen molar-refractivity contribution in [1.82, 2.24) is 5.32 Å². The van der Waals surface area contributed by atoms with Gasteiger partial charge in [0.1, 0.15) is 5.75 Å². The quantitative estimate of drug-likeness (QED) is 0.769. The summed E-state index contributed by atoms with van der Waals surface area (Å²) >= 11 is 1.56. The summed E-state index contributed by atoms with van der Waals surface area (Å²) in [4.78, 5) is 11.8. The molecule has 2 N–H and O–H groups in total. The third-order valence-corrected chi connectivity index (χ3v) is 3.63. The summed E-state index contributed by atoms with van der Waals surface area (Å²) in [7, 11) is 0. The van der Waals surface area contributed by atoms with Gasteiger partial charge in [0.05, 0.1) is 18.6 Å². The number of nitrogens with one attached hydrogen (secondary N) is 1. The van der Waals surface area contributed by atoms with E-state index in [-0.39, 0.29) is 12.5 Å². The minimum atomic E-state index is -0.867. The zero-order valence-corrected chi connectivity index (χ0v) is 13.1. The van der Waals surface area contributed by atoms with Crippen molar-refractivity contribution in [3.05, 3.63) is 29.8 Å². The first-order chi connectivity index (χ1) is 9.46. The van der Waals surface area contributed by atoms with Crippen molar-refractivity contribution in [3.63, 3.8) is 0 Å². The number of rotatable bonds is 8. The molecule has 0 radical (unpaired) electrons. The number of carbonyl (C=O) groups excluding carboxylic acids is 1. The number of carbonyl (C=O) groups is 1. The largest absolute Gasteiger partial charge is 0.494 e. The fraction of sp³-hybridized carbons (Fsp3) is 0.533. The van der Waals surface area contributed by atoms with Crippen LogP contribution in [0.5, 0.6) is 5.75 Å². The van der Waals surface area contributed by atoms with Crippen LogP contribution < -0.4 is 10.1 Å². The third kappa shape index (κ3) is 6.30. The number of aliphatic hydroxyl groups is 1. The van der Waals surface area contributed by atoms with E-state index >= 15 is 0 Å². The van der Waals surface area contributed by atoms with E-state index in [4.69, 9.17) is 4.74 Å². The lowest BCUT2D eigenvalue weighted by Gasteiger charge is -2.22. The van der Waals surface area contributed by atoms with Crippen molar-refractivity contribution in [2.75, 3.05) is 25.2 Å². The number of thioether (sulfide) groups is 1. The summed E-state index contributed by atoms with van der Waals surface area (Å²) in [6.45, 7) is 4.55. The molecule has 0 fully saturated rings. The standard InChI is InChI=1S/C15H23NO3S/c1-4-19-13-7-5-12(6-8-13)9-14(17)16-10-15(2,18)11-20-3/h5-8,18H,4,9-11H2,1-3H3,(H,16,17). The number of hydrogen-bond acceptors (Lipinski definition) is 4. The van der Waals surface area contributed by atoms with Crippen LogP contribution in [0.4, 0.5) is 0 Å². The fourth-order valence-corrected chi connectivity index (χ4v) is 2.49. The highest BCUT2D eigenvalue weighted by molar-refractivity contribution is 7.98. The number of benzene rings is 1. The van der Waals surface area contributed by atoms with E-state index in [1.165, 1.54) is 0 Å². The average molecular weight is 297 g/mol. The molecule has 1 rings (SSSR count). The highest BCUT2D eigenvalue weighted by Crippen LogP contribution is 2.13. The van der Waals surface area contributed by atoms with Crippen molar-refractivity contribution in [2.24, 2.45) is 0 Å². The Morgan fingerprint density at radius 2 is 2.05 bits per heavy atom. The second-order valence-electron chi connectivity index (χ2n) is 4.96. The Labute approximate surface area is 124 Å². The smallest absolute Gasteiger partial charge is 0.224 e. The number of hydrogen-bond donors (Lipinski definition) is 2. The van der Waals surface area contributed by atoms with Crippen LogP contribution in [-0.4, -0.2) is 41.8 Å². The van der Waals surface area contributed by atoms with E-state index < -0.39 is 5.60 Å². The maximum absolute atomic E-state index is 11.8. The van der Waals surface area contributed by atoms with E-state index in [9.17, 15) is 9.90 Å². The third-order valence-electron chi connectivity index (χ3n) is 2.72. The summed E-state index contributed by atoms with van der Waals surface area (Å²) in [5.74, 6) is 1.31. The Morgan fingerprint density at radius 3 is 2.60 bits per heavy atom. The molecule has 0 aliphatic heterocycles. The van der Waals surface area contributed by atoms with E-state index in [0.717, 1.165) is 11.3 Å². The predicted octanol–water partition coefficient (Wildman–Crippen LogP) is 1.86. The Bertz CT molecular complexity index is 418. The molecule has 1 aromatic carbocycles. The molecule has 1 unspecified atom stereocenters. The lowest BCUT2D eigenvalue weighted by Crippen LogP contribution is -2.42. The molecule has 0 saturated carbocycles. The molecule has 0 aromatic heterocycles. The van der Waals surface area contributed by atoms with Crippen LogP contribution in [0.3, 0.4) is 0 Å². The Hall–Kier alpha value is -1.20. The molecule has 1 aromatic rings. The van der Waals surface area contributed by atoms with Gasteiger partial charge in [0, 0.05) is 12.3 Å². The predicted molar refractivity (Wildman–Crippen MR) is 83.3 cm³/mol. The summed E-state index contributed by atoms with van der Waals surface area (Å²) in [6.07, 6.45) is 2.23. The second kappa shape index (κ2) is 8.17. The minimum absolute atomic E-state index is 0.0875. The van der Waals surface area contributed by atoms with Gasteiger partial charge < -0.3 is 15.2 Å². The van der Waals surface area contributed by atoms with Gasteiger partial charge in [-0.3, -0.25) is 4.79 Å². The van der Waals surface area contributed by atoms with Crippen molar-refractivity contribution in [1.29, 1.82) is 0 Å². The fourth-order valence-electron chi connectivity index (χ4n) is 1.77. The number of amides is 1. The zero-order chi connectivity index (χ0) is 15.0. The van der Waals surface area contributed by atoms with Gasteiger partial charge in [0.25, 0.3) is 0 Å². The van der Waals surface area contributed by atoms with Gasteiger partial charge in [0.2, 0.25) is 5.91 Å². The molecular weight excluding hydrogens is 274 g/mol. The van der Waals surface area contributed by atoms with Gasteiger partial charge in [-0.15, -0.1) is 0 Å². The number of ether oxygens (including phenoxy) is 1. The molecule has 5 heteroatoms. The van der Waals surface area contributed by atoms with Crippen LogP contribution in [0.25, 0.3) is 0 Å². The molecule has 20 heavy (non-hydrogen) atoms. The molecule has 0 saturated heterocycles. The lowest BCUT2D eigenvalue weighted by atomic mass is 10.1. The van der Waals surface area contributed by atoms with Crippen LogP contribution in [0.15, 0.2) is 24.3 Å². The Morgan fingerprint density at radius 1 is 1.40 bits per heavy atom. The van der Waals surface area contributed by atoms with Gasteiger partial charge in [-0.1, -0.05) is 12.1 Å². The van der Waals surface area contributed by atoms with Gasteiger partial charge in [-0.05, 0) is 37.8 Å². The van der Waals surface area contributed by atoms with E-state index in [1.54, 1.807) is 18.7 Å². The minimum Gasteiger partial charge on any atom is -0.494 e. The highest BCUT2D eigenvalue weighted by Gasteiger charge is 2.20. The van der Waals surface area contributed by atoms with Gasteiger partial charge in [-0.25, -0.2) is 0 Å². The van der Waals surface area contributed by atoms with Crippen LogP contribution in [0.2, 0.25) is 0 Å². The maximum Gasteiger partial charge on any atom is 0.224 e. The van der Waals surface area contributed by atoms with Crippen LogP contribution in [-0.2, 0) is 11.2 Å².